The summed E-state index contributed by atoms with van der Waals surface area (Å²) >= 11 is 11.2. The molecule has 2 N–H and O–H groups in total. The van der Waals surface area contributed by atoms with Crippen molar-refractivity contribution in [3.05, 3.63) is 28.8 Å². The third-order valence-corrected chi connectivity index (χ3v) is 3.54. The van der Waals surface area contributed by atoms with Gasteiger partial charge >= 0.3 is 0 Å². The molecule has 1 aromatic rings. The first-order chi connectivity index (χ1) is 8.01. The molecule has 0 saturated carbocycles. The van der Waals surface area contributed by atoms with Crippen LogP contribution in [0.15, 0.2) is 18.2 Å². The number of rotatable bonds is 5. The van der Waals surface area contributed by atoms with E-state index in [2.05, 4.69) is 25.7 Å². The first kappa shape index (κ1) is 14.3. The topological polar surface area (TPSA) is 29.3 Å². The van der Waals surface area contributed by atoms with Gasteiger partial charge in [0, 0.05) is 18.2 Å². The van der Waals surface area contributed by atoms with E-state index in [-0.39, 0.29) is 0 Å². The Morgan fingerprint density at radius 3 is 2.53 bits per heavy atom. The Morgan fingerprint density at radius 2 is 2.12 bits per heavy atom. The van der Waals surface area contributed by atoms with Crippen LogP contribution in [0.25, 0.3) is 0 Å². The highest BCUT2D eigenvalue weighted by atomic mass is 35.5. The summed E-state index contributed by atoms with van der Waals surface area (Å²) in [7, 11) is 0. The molecule has 0 aliphatic heterocycles. The van der Waals surface area contributed by atoms with Crippen LogP contribution in [0.1, 0.15) is 32.8 Å². The first-order valence-electron chi connectivity index (χ1n) is 5.87. The fraction of sp³-hybridized carbons (Fsp3) is 0.462. The quantitative estimate of drug-likeness (QED) is 0.829. The van der Waals surface area contributed by atoms with Crippen molar-refractivity contribution in [3.8, 4) is 0 Å². The van der Waals surface area contributed by atoms with Crippen molar-refractivity contribution in [2.75, 3.05) is 11.4 Å². The highest BCUT2D eigenvalue weighted by molar-refractivity contribution is 7.80. The molecule has 1 rings (SSSR count). The van der Waals surface area contributed by atoms with Gasteiger partial charge in [-0.3, -0.25) is 0 Å². The van der Waals surface area contributed by atoms with Crippen LogP contribution in [-0.4, -0.2) is 17.6 Å². The predicted molar refractivity (Wildman–Crippen MR) is 80.1 cm³/mol. The lowest BCUT2D eigenvalue weighted by atomic mass is 10.1. The van der Waals surface area contributed by atoms with E-state index < -0.39 is 0 Å². The molecule has 0 bridgehead atoms. The summed E-state index contributed by atoms with van der Waals surface area (Å²) in [5.74, 6) is 0. The fourth-order valence-corrected chi connectivity index (χ4v) is 2.25. The Labute approximate surface area is 114 Å². The summed E-state index contributed by atoms with van der Waals surface area (Å²) in [6.45, 7) is 7.43. The van der Waals surface area contributed by atoms with Crippen molar-refractivity contribution in [1.29, 1.82) is 0 Å². The van der Waals surface area contributed by atoms with Crippen LogP contribution in [0, 0.1) is 0 Å². The van der Waals surface area contributed by atoms with Gasteiger partial charge in [-0.25, -0.2) is 0 Å². The SMILES string of the molecule is CCC(C)N(CC)c1ccc(C(N)=S)cc1Cl. The molecule has 2 nitrogen and oxygen atoms in total. The van der Waals surface area contributed by atoms with Crippen LogP contribution in [0.5, 0.6) is 0 Å². The summed E-state index contributed by atoms with van der Waals surface area (Å²) < 4.78 is 0. The molecule has 17 heavy (non-hydrogen) atoms. The van der Waals surface area contributed by atoms with Gasteiger partial charge in [-0.2, -0.15) is 0 Å². The molecule has 0 heterocycles. The molecule has 1 aromatic carbocycles. The fourth-order valence-electron chi connectivity index (χ4n) is 1.83. The number of hydrogen-bond donors (Lipinski definition) is 1. The second-order valence-corrected chi connectivity index (χ2v) is 4.92. The zero-order valence-corrected chi connectivity index (χ0v) is 12.1. The van der Waals surface area contributed by atoms with E-state index in [1.54, 1.807) is 0 Å². The average molecular weight is 271 g/mol. The lowest BCUT2D eigenvalue weighted by molar-refractivity contribution is 0.630. The minimum Gasteiger partial charge on any atom is -0.389 e. The monoisotopic (exact) mass is 270 g/mol. The van der Waals surface area contributed by atoms with E-state index in [1.165, 1.54) is 0 Å². The van der Waals surface area contributed by atoms with Crippen molar-refractivity contribution in [2.45, 2.75) is 33.2 Å². The molecule has 0 spiro atoms. The Morgan fingerprint density at radius 1 is 1.47 bits per heavy atom. The van der Waals surface area contributed by atoms with E-state index in [0.29, 0.717) is 16.1 Å². The van der Waals surface area contributed by atoms with Gasteiger partial charge in [0.2, 0.25) is 0 Å². The number of anilines is 1. The van der Waals surface area contributed by atoms with Gasteiger partial charge in [0.1, 0.15) is 4.99 Å². The normalized spacial score (nSPS) is 12.2. The highest BCUT2D eigenvalue weighted by Gasteiger charge is 2.14. The Hall–Kier alpha value is -0.800. The molecule has 0 aliphatic carbocycles. The van der Waals surface area contributed by atoms with Crippen LogP contribution in [0.3, 0.4) is 0 Å². The van der Waals surface area contributed by atoms with Crippen molar-refractivity contribution in [1.82, 2.24) is 0 Å². The molecule has 0 radical (unpaired) electrons. The number of nitrogens with two attached hydrogens (primary N) is 1. The molecule has 0 fully saturated rings. The Kier molecular flexibility index (Phi) is 5.22. The van der Waals surface area contributed by atoms with Gasteiger partial charge in [0.05, 0.1) is 10.7 Å². The van der Waals surface area contributed by atoms with Gasteiger partial charge in [0.25, 0.3) is 0 Å². The second kappa shape index (κ2) is 6.22. The molecule has 0 aromatic heterocycles. The van der Waals surface area contributed by atoms with E-state index in [1.807, 2.05) is 18.2 Å². The molecule has 0 aliphatic rings. The molecule has 4 heteroatoms. The number of halogens is 1. The second-order valence-electron chi connectivity index (χ2n) is 4.07. The van der Waals surface area contributed by atoms with Crippen molar-refractivity contribution in [2.24, 2.45) is 5.73 Å². The van der Waals surface area contributed by atoms with Crippen LogP contribution in [0.4, 0.5) is 5.69 Å². The first-order valence-corrected chi connectivity index (χ1v) is 6.65. The maximum atomic E-state index is 6.29. The van der Waals surface area contributed by atoms with Crippen LogP contribution < -0.4 is 10.6 Å². The van der Waals surface area contributed by atoms with Gasteiger partial charge in [0.15, 0.2) is 0 Å². The zero-order valence-electron chi connectivity index (χ0n) is 10.5. The Balaban J connectivity index is 3.09. The number of thiocarbonyl (C=S) groups is 1. The third kappa shape index (κ3) is 3.33. The van der Waals surface area contributed by atoms with Crippen LogP contribution >= 0.6 is 23.8 Å². The minimum atomic E-state index is 0.380. The average Bonchev–Trinajstić information content (AvgIpc) is 2.31. The lowest BCUT2D eigenvalue weighted by Crippen LogP contribution is -2.32. The molecule has 94 valence electrons. The van der Waals surface area contributed by atoms with Gasteiger partial charge in [-0.1, -0.05) is 30.7 Å². The van der Waals surface area contributed by atoms with E-state index in [4.69, 9.17) is 29.6 Å². The molecule has 1 unspecified atom stereocenters. The maximum absolute atomic E-state index is 6.29. The lowest BCUT2D eigenvalue weighted by Gasteiger charge is -2.30. The summed E-state index contributed by atoms with van der Waals surface area (Å²) in [5.41, 5.74) is 7.45. The van der Waals surface area contributed by atoms with Crippen molar-refractivity contribution >= 4 is 34.5 Å². The molecule has 0 amide bonds. The standard InChI is InChI=1S/C13H19ClN2S/c1-4-9(3)16(5-2)12-7-6-10(13(15)17)8-11(12)14/h6-9H,4-5H2,1-3H3,(H2,15,17). The minimum absolute atomic E-state index is 0.380. The zero-order chi connectivity index (χ0) is 13.0. The predicted octanol–water partition coefficient (Wildman–Crippen LogP) is 3.60. The van der Waals surface area contributed by atoms with E-state index in [0.717, 1.165) is 24.2 Å². The van der Waals surface area contributed by atoms with Crippen LogP contribution in [0.2, 0.25) is 5.02 Å². The summed E-state index contributed by atoms with van der Waals surface area (Å²) in [4.78, 5) is 2.66. The van der Waals surface area contributed by atoms with Crippen molar-refractivity contribution in [3.63, 3.8) is 0 Å². The van der Waals surface area contributed by atoms with Crippen molar-refractivity contribution < 1.29 is 0 Å². The van der Waals surface area contributed by atoms with E-state index >= 15 is 0 Å². The number of hydrogen-bond acceptors (Lipinski definition) is 2. The highest BCUT2D eigenvalue weighted by Crippen LogP contribution is 2.28. The molecular weight excluding hydrogens is 252 g/mol. The molecular formula is C13H19ClN2S. The summed E-state index contributed by atoms with van der Waals surface area (Å²) in [6, 6.07) is 6.22. The maximum Gasteiger partial charge on any atom is 0.104 e. The summed E-state index contributed by atoms with van der Waals surface area (Å²) in [6.07, 6.45) is 1.08. The largest absolute Gasteiger partial charge is 0.389 e. The Bertz CT molecular complexity index is 406. The number of nitrogens with zero attached hydrogens (tertiary/aromatic N) is 1. The molecule has 1 atom stereocenters. The smallest absolute Gasteiger partial charge is 0.104 e. The van der Waals surface area contributed by atoms with Crippen LogP contribution in [-0.2, 0) is 0 Å². The van der Waals surface area contributed by atoms with Gasteiger partial charge in [-0.05, 0) is 38.5 Å². The molecule has 0 saturated heterocycles. The number of benzene rings is 1. The van der Waals surface area contributed by atoms with Gasteiger partial charge in [-0.15, -0.1) is 0 Å². The van der Waals surface area contributed by atoms with Gasteiger partial charge < -0.3 is 10.6 Å². The third-order valence-electron chi connectivity index (χ3n) is 3.01. The summed E-state index contributed by atoms with van der Waals surface area (Å²) in [5, 5.41) is 0.706. The van der Waals surface area contributed by atoms with E-state index in [9.17, 15) is 0 Å².